The second-order valence-electron chi connectivity index (χ2n) is 10.7. The van der Waals surface area contributed by atoms with Crippen LogP contribution in [0.25, 0.3) is 16.8 Å². The monoisotopic (exact) mass is 643 g/mol. The average Bonchev–Trinajstić information content (AvgIpc) is 3.70. The number of hydrogen-bond acceptors (Lipinski definition) is 8. The maximum absolute atomic E-state index is 15.1. The van der Waals surface area contributed by atoms with E-state index in [0.717, 1.165) is 38.9 Å². The second kappa shape index (κ2) is 10.9. The number of halogens is 7. The number of alkyl halides is 7. The third-order valence-electron chi connectivity index (χ3n) is 7.37. The van der Waals surface area contributed by atoms with E-state index in [1.807, 2.05) is 0 Å². The molecular formula is C26H24F7N9O3. The van der Waals surface area contributed by atoms with Gasteiger partial charge in [0.1, 0.15) is 29.1 Å². The van der Waals surface area contributed by atoms with Crippen LogP contribution in [0, 0.1) is 0 Å². The Morgan fingerprint density at radius 3 is 2.38 bits per heavy atom. The van der Waals surface area contributed by atoms with Crippen LogP contribution in [0.4, 0.5) is 36.6 Å². The lowest BCUT2D eigenvalue weighted by molar-refractivity contribution is -0.142. The van der Waals surface area contributed by atoms with E-state index in [1.165, 1.54) is 27.0 Å². The summed E-state index contributed by atoms with van der Waals surface area (Å²) in [4.78, 5) is 38.6. The molecule has 4 aromatic heterocycles. The van der Waals surface area contributed by atoms with E-state index in [1.54, 1.807) is 0 Å². The van der Waals surface area contributed by atoms with Gasteiger partial charge in [-0.05, 0) is 26.0 Å². The van der Waals surface area contributed by atoms with Gasteiger partial charge in [0, 0.05) is 24.5 Å². The molecule has 1 saturated heterocycles. The Hall–Kier alpha value is -4.97. The quantitative estimate of drug-likeness (QED) is 0.305. The number of carbonyl (C=O) groups is 2. The number of methoxy groups -OCH3 is 1. The van der Waals surface area contributed by atoms with Crippen LogP contribution >= 0.6 is 0 Å². The van der Waals surface area contributed by atoms with Crippen LogP contribution in [0.5, 0.6) is 5.88 Å². The van der Waals surface area contributed by atoms with Crippen molar-refractivity contribution in [1.29, 1.82) is 0 Å². The van der Waals surface area contributed by atoms with Crippen molar-refractivity contribution < 1.29 is 45.1 Å². The largest absolute Gasteiger partial charge is 0.480 e. The lowest BCUT2D eigenvalue weighted by Gasteiger charge is -2.30. The molecule has 12 nitrogen and oxygen atoms in total. The van der Waals surface area contributed by atoms with Gasteiger partial charge in [-0.25, -0.2) is 23.9 Å². The molecule has 1 fully saturated rings. The molecule has 1 aliphatic heterocycles. The molecule has 4 aromatic rings. The van der Waals surface area contributed by atoms with Crippen LogP contribution in [0.1, 0.15) is 35.5 Å². The number of anilines is 1. The van der Waals surface area contributed by atoms with E-state index >= 15 is 4.39 Å². The van der Waals surface area contributed by atoms with Gasteiger partial charge in [0.25, 0.3) is 5.91 Å². The molecule has 1 aliphatic rings. The van der Waals surface area contributed by atoms with Crippen LogP contribution in [0.3, 0.4) is 0 Å². The predicted octanol–water partition coefficient (Wildman–Crippen LogP) is 3.33. The first kappa shape index (κ1) is 31.5. The Bertz CT molecular complexity index is 1780. The predicted molar refractivity (Wildman–Crippen MR) is 141 cm³/mol. The van der Waals surface area contributed by atoms with Gasteiger partial charge >= 0.3 is 12.4 Å². The molecule has 2 amide bonds. The highest BCUT2D eigenvalue weighted by atomic mass is 19.4. The van der Waals surface area contributed by atoms with Crippen molar-refractivity contribution in [1.82, 2.24) is 39.3 Å². The molecule has 240 valence electrons. The molecule has 0 radical (unpaired) electrons. The number of carbonyl (C=O) groups excluding carboxylic acids is 2. The maximum atomic E-state index is 15.1. The molecule has 0 unspecified atom stereocenters. The summed E-state index contributed by atoms with van der Waals surface area (Å²) in [5.74, 6) is -2.31. The van der Waals surface area contributed by atoms with Gasteiger partial charge in [-0.15, -0.1) is 0 Å². The van der Waals surface area contributed by atoms with Crippen molar-refractivity contribution >= 4 is 23.1 Å². The zero-order valence-electron chi connectivity index (χ0n) is 23.6. The number of nitrogens with zero attached hydrogens (tertiary/aromatic N) is 7. The minimum atomic E-state index is -4.82. The normalized spacial score (nSPS) is 17.6. The number of amides is 2. The molecule has 0 spiro atoms. The first-order valence-corrected chi connectivity index (χ1v) is 13.0. The number of fused-ring (bicyclic) bond motifs is 1. The number of ether oxygens (including phenoxy) is 1. The van der Waals surface area contributed by atoms with E-state index in [0.29, 0.717) is 6.20 Å². The fraction of sp³-hybridized carbons (Fsp3) is 0.385. The smallest absolute Gasteiger partial charge is 0.434 e. The van der Waals surface area contributed by atoms with Crippen LogP contribution in [0.2, 0.25) is 0 Å². The van der Waals surface area contributed by atoms with E-state index < -0.39 is 71.1 Å². The summed E-state index contributed by atoms with van der Waals surface area (Å²) < 4.78 is 103. The average molecular weight is 644 g/mol. The molecule has 5 heterocycles. The van der Waals surface area contributed by atoms with Gasteiger partial charge in [0.15, 0.2) is 11.5 Å². The highest BCUT2D eigenvalue weighted by Gasteiger charge is 2.44. The highest BCUT2D eigenvalue weighted by molar-refractivity contribution is 5.98. The van der Waals surface area contributed by atoms with Gasteiger partial charge in [-0.3, -0.25) is 9.59 Å². The summed E-state index contributed by atoms with van der Waals surface area (Å²) >= 11 is 0. The minimum absolute atomic E-state index is 0.00452. The Kier molecular flexibility index (Phi) is 7.60. The summed E-state index contributed by atoms with van der Waals surface area (Å²) in [7, 11) is 1.19. The molecule has 45 heavy (non-hydrogen) atoms. The molecule has 0 bridgehead atoms. The zero-order chi connectivity index (χ0) is 33.1. The van der Waals surface area contributed by atoms with Crippen LogP contribution < -0.4 is 15.8 Å². The lowest BCUT2D eigenvalue weighted by atomic mass is 10.0. The van der Waals surface area contributed by atoms with Gasteiger partial charge in [0.05, 0.1) is 37.3 Å². The molecule has 3 N–H and O–H groups in total. The van der Waals surface area contributed by atoms with E-state index in [4.69, 9.17) is 10.5 Å². The van der Waals surface area contributed by atoms with Crippen molar-refractivity contribution in [3.8, 4) is 17.1 Å². The Morgan fingerprint density at radius 2 is 1.76 bits per heavy atom. The highest BCUT2D eigenvalue weighted by Crippen LogP contribution is 2.39. The van der Waals surface area contributed by atoms with Crippen LogP contribution in [-0.2, 0) is 22.7 Å². The van der Waals surface area contributed by atoms with Crippen molar-refractivity contribution in [2.45, 2.75) is 44.0 Å². The van der Waals surface area contributed by atoms with E-state index in [9.17, 15) is 35.9 Å². The summed E-state index contributed by atoms with van der Waals surface area (Å²) in [6, 6.07) is 0.688. The van der Waals surface area contributed by atoms with E-state index in [-0.39, 0.29) is 29.2 Å². The van der Waals surface area contributed by atoms with Gasteiger partial charge < -0.3 is 25.3 Å². The molecule has 5 rings (SSSR count). The summed E-state index contributed by atoms with van der Waals surface area (Å²) in [5.41, 5.74) is 0.881. The summed E-state index contributed by atoms with van der Waals surface area (Å²) in [6.07, 6.45) is -7.72. The number of imidazole rings is 1. The molecule has 0 aliphatic carbocycles. The van der Waals surface area contributed by atoms with Crippen molar-refractivity contribution in [2.75, 3.05) is 25.9 Å². The van der Waals surface area contributed by atoms with Crippen molar-refractivity contribution in [3.63, 3.8) is 0 Å². The number of nitrogen functional groups attached to an aromatic ring is 1. The fourth-order valence-corrected chi connectivity index (χ4v) is 4.99. The molecule has 0 saturated carbocycles. The van der Waals surface area contributed by atoms with Crippen LogP contribution in [-0.4, -0.2) is 78.3 Å². The van der Waals surface area contributed by atoms with Crippen molar-refractivity contribution in [3.05, 3.63) is 54.0 Å². The number of likely N-dealkylation sites (tertiary alicyclic amines) is 1. The number of pyridine rings is 1. The first-order chi connectivity index (χ1) is 20.9. The third-order valence-corrected chi connectivity index (χ3v) is 7.37. The van der Waals surface area contributed by atoms with Gasteiger partial charge in [0.2, 0.25) is 11.8 Å². The molecule has 2 atom stereocenters. The Balaban J connectivity index is 1.39. The topological polar surface area (TPSA) is 146 Å². The SMILES string of the molecule is COc1ncc(-c2cc(C(F)(F)F)c3c(N)ncnn23)cc1C(=O)N[C@@H]1CN(C(=O)C(C)(C)n2cnc(C(F)(F)F)c2)C[C@@H]1F. The molecule has 19 heteroatoms. The lowest BCUT2D eigenvalue weighted by Crippen LogP contribution is -2.47. The second-order valence-corrected chi connectivity index (χ2v) is 10.7. The maximum Gasteiger partial charge on any atom is 0.434 e. The Morgan fingerprint density at radius 1 is 1.04 bits per heavy atom. The number of rotatable bonds is 6. The number of aromatic nitrogens is 6. The van der Waals surface area contributed by atoms with E-state index in [2.05, 4.69) is 25.4 Å². The fourth-order valence-electron chi connectivity index (χ4n) is 4.99. The number of nitrogens with one attached hydrogen (secondary N) is 1. The van der Waals surface area contributed by atoms with Crippen molar-refractivity contribution in [2.24, 2.45) is 0 Å². The van der Waals surface area contributed by atoms with Gasteiger partial charge in [-0.1, -0.05) is 0 Å². The van der Waals surface area contributed by atoms with Crippen LogP contribution in [0.15, 0.2) is 37.2 Å². The summed E-state index contributed by atoms with van der Waals surface area (Å²) in [5, 5.41) is 6.31. The first-order valence-electron chi connectivity index (χ1n) is 13.0. The Labute approximate surface area is 249 Å². The third kappa shape index (κ3) is 5.68. The standard InChI is InChI=1S/C26H24F7N9O3/c1-24(2,41-9-18(37-11-41)26(31,32)33)23(44)40-7-15(27)16(8-40)39-21(43)13-4-12(6-35-22(13)45-3)17-5-14(25(28,29)30)19-20(34)36-10-38-42(17)19/h4-6,9-11,15-16H,7-8H2,1-3H3,(H,39,43)(H2,34,36,38)/t15-,16+/m0/s1. The summed E-state index contributed by atoms with van der Waals surface area (Å²) in [6.45, 7) is 1.87. The number of hydrogen-bond donors (Lipinski definition) is 2. The molecular weight excluding hydrogens is 619 g/mol. The minimum Gasteiger partial charge on any atom is -0.480 e. The molecule has 0 aromatic carbocycles. The number of nitrogens with two attached hydrogens (primary N) is 1. The zero-order valence-corrected chi connectivity index (χ0v) is 23.6. The van der Waals surface area contributed by atoms with Gasteiger partial charge in [-0.2, -0.15) is 31.4 Å².